The van der Waals surface area contributed by atoms with Crippen LogP contribution >= 0.6 is 11.6 Å². The fourth-order valence-electron chi connectivity index (χ4n) is 3.54. The van der Waals surface area contributed by atoms with Gasteiger partial charge in [0.2, 0.25) is 0 Å². The van der Waals surface area contributed by atoms with Crippen LogP contribution in [0.2, 0.25) is 0 Å². The van der Waals surface area contributed by atoms with Crippen LogP contribution in [-0.2, 0) is 20.6 Å². The second-order valence-corrected chi connectivity index (χ2v) is 8.21. The number of rotatable bonds is 7. The number of aliphatic hydroxyl groups excluding tert-OH is 1. The Morgan fingerprint density at radius 3 is 2.47 bits per heavy atom. The van der Waals surface area contributed by atoms with Crippen molar-refractivity contribution < 1.29 is 24.1 Å². The van der Waals surface area contributed by atoms with E-state index in [9.17, 15) is 9.90 Å². The Bertz CT molecular complexity index is 1010. The van der Waals surface area contributed by atoms with Crippen molar-refractivity contribution in [3.63, 3.8) is 0 Å². The van der Waals surface area contributed by atoms with Crippen LogP contribution in [0.4, 0.5) is 0 Å². The van der Waals surface area contributed by atoms with Gasteiger partial charge in [-0.1, -0.05) is 60.7 Å². The average molecular weight is 427 g/mol. The van der Waals surface area contributed by atoms with Gasteiger partial charge in [-0.25, -0.2) is 4.79 Å². The molecule has 1 N–H and O–H groups in total. The van der Waals surface area contributed by atoms with E-state index in [-0.39, 0.29) is 19.5 Å². The van der Waals surface area contributed by atoms with E-state index in [1.807, 2.05) is 60.7 Å². The topological polar surface area (TPSA) is 65.0 Å². The average Bonchev–Trinajstić information content (AvgIpc) is 3.33. The fraction of sp³-hybridized carbons (Fsp3) is 0.292. The molecule has 0 spiro atoms. The number of aliphatic hydroxyl groups is 1. The SMILES string of the molecule is O=C(OC[C@](Cl)(CO)Cc1ccc(C2OCCO2)cc1)c1cccc2ccccc12. The fourth-order valence-corrected chi connectivity index (χ4v) is 3.75. The van der Waals surface area contributed by atoms with Gasteiger partial charge < -0.3 is 19.3 Å². The lowest BCUT2D eigenvalue weighted by molar-refractivity contribution is -0.0441. The van der Waals surface area contributed by atoms with Crippen LogP contribution in [0, 0.1) is 0 Å². The highest BCUT2D eigenvalue weighted by Crippen LogP contribution is 2.27. The van der Waals surface area contributed by atoms with Gasteiger partial charge in [-0.05, 0) is 28.8 Å². The first-order valence-electron chi connectivity index (χ1n) is 9.85. The van der Waals surface area contributed by atoms with E-state index >= 15 is 0 Å². The molecule has 0 radical (unpaired) electrons. The van der Waals surface area contributed by atoms with Crippen LogP contribution in [0.1, 0.15) is 27.8 Å². The molecule has 3 aromatic carbocycles. The molecule has 3 aromatic rings. The number of halogens is 1. The molecule has 6 heteroatoms. The van der Waals surface area contributed by atoms with Gasteiger partial charge in [-0.2, -0.15) is 0 Å². The van der Waals surface area contributed by atoms with Crippen molar-refractivity contribution in [3.05, 3.63) is 83.4 Å². The third-order valence-electron chi connectivity index (χ3n) is 5.15. The molecule has 0 aromatic heterocycles. The van der Waals surface area contributed by atoms with Gasteiger partial charge >= 0.3 is 5.97 Å². The molecule has 1 aliphatic heterocycles. The zero-order chi connectivity index (χ0) is 21.0. The molecule has 1 saturated heterocycles. The van der Waals surface area contributed by atoms with Crippen LogP contribution in [-0.4, -0.2) is 42.4 Å². The second-order valence-electron chi connectivity index (χ2n) is 7.40. The lowest BCUT2D eigenvalue weighted by atomic mass is 9.98. The van der Waals surface area contributed by atoms with E-state index in [1.165, 1.54) is 0 Å². The smallest absolute Gasteiger partial charge is 0.338 e. The first-order chi connectivity index (χ1) is 14.6. The monoisotopic (exact) mass is 426 g/mol. The zero-order valence-corrected chi connectivity index (χ0v) is 17.2. The van der Waals surface area contributed by atoms with Gasteiger partial charge in [0.15, 0.2) is 6.29 Å². The molecule has 0 saturated carbocycles. The Balaban J connectivity index is 1.42. The van der Waals surface area contributed by atoms with Crippen molar-refractivity contribution in [1.82, 2.24) is 0 Å². The van der Waals surface area contributed by atoms with Gasteiger partial charge in [0.05, 0.1) is 25.4 Å². The molecule has 5 nitrogen and oxygen atoms in total. The number of esters is 1. The first-order valence-corrected chi connectivity index (χ1v) is 10.2. The molecule has 1 atom stereocenters. The maximum atomic E-state index is 12.7. The highest BCUT2D eigenvalue weighted by atomic mass is 35.5. The molecular weight excluding hydrogens is 404 g/mol. The number of fused-ring (bicyclic) bond motifs is 1. The molecular formula is C24H23ClO5. The minimum absolute atomic E-state index is 0.107. The molecule has 0 amide bonds. The Hall–Kier alpha value is -2.44. The summed E-state index contributed by atoms with van der Waals surface area (Å²) in [6, 6.07) is 20.8. The summed E-state index contributed by atoms with van der Waals surface area (Å²) in [6.07, 6.45) is 0.0138. The van der Waals surface area contributed by atoms with E-state index in [2.05, 4.69) is 0 Å². The Kier molecular flexibility index (Phi) is 6.35. The van der Waals surface area contributed by atoms with E-state index in [0.717, 1.165) is 21.9 Å². The summed E-state index contributed by atoms with van der Waals surface area (Å²) in [4.78, 5) is 11.6. The van der Waals surface area contributed by atoms with Crippen LogP contribution in [0.15, 0.2) is 66.7 Å². The standard InChI is InChI=1S/C24H23ClO5/c25-24(15-26,14-17-8-10-19(11-9-17)23-28-12-13-29-23)16-30-22(27)21-7-3-5-18-4-1-2-6-20(18)21/h1-11,23,26H,12-16H2/t24-/m1/s1. The molecule has 0 aliphatic carbocycles. The number of hydrogen-bond donors (Lipinski definition) is 1. The van der Waals surface area contributed by atoms with Crippen LogP contribution in [0.3, 0.4) is 0 Å². The molecule has 4 rings (SSSR count). The predicted molar refractivity (Wildman–Crippen MR) is 115 cm³/mol. The Labute approximate surface area is 180 Å². The number of hydrogen-bond acceptors (Lipinski definition) is 5. The van der Waals surface area contributed by atoms with Crippen molar-refractivity contribution >= 4 is 28.3 Å². The van der Waals surface area contributed by atoms with Gasteiger partial charge in [0, 0.05) is 5.56 Å². The number of benzene rings is 3. The quantitative estimate of drug-likeness (QED) is 0.452. The van der Waals surface area contributed by atoms with Crippen LogP contribution in [0.5, 0.6) is 0 Å². The molecule has 1 heterocycles. The van der Waals surface area contributed by atoms with Crippen LogP contribution in [0.25, 0.3) is 10.8 Å². The van der Waals surface area contributed by atoms with Crippen molar-refractivity contribution in [2.45, 2.75) is 17.6 Å². The number of alkyl halides is 1. The summed E-state index contributed by atoms with van der Waals surface area (Å²) in [5.41, 5.74) is 2.33. The summed E-state index contributed by atoms with van der Waals surface area (Å²) in [7, 11) is 0. The summed E-state index contributed by atoms with van der Waals surface area (Å²) < 4.78 is 16.5. The highest BCUT2D eigenvalue weighted by Gasteiger charge is 2.30. The molecule has 0 bridgehead atoms. The Morgan fingerprint density at radius 2 is 1.73 bits per heavy atom. The second kappa shape index (κ2) is 9.14. The lowest BCUT2D eigenvalue weighted by Crippen LogP contribution is -2.36. The largest absolute Gasteiger partial charge is 0.460 e. The van der Waals surface area contributed by atoms with Crippen molar-refractivity contribution in [2.75, 3.05) is 26.4 Å². The van der Waals surface area contributed by atoms with Gasteiger partial charge in [0.1, 0.15) is 11.5 Å². The third kappa shape index (κ3) is 4.65. The molecule has 30 heavy (non-hydrogen) atoms. The summed E-state index contributed by atoms with van der Waals surface area (Å²) in [5.74, 6) is -0.462. The van der Waals surface area contributed by atoms with Crippen molar-refractivity contribution in [2.24, 2.45) is 0 Å². The van der Waals surface area contributed by atoms with Gasteiger partial charge in [0.25, 0.3) is 0 Å². The van der Waals surface area contributed by atoms with E-state index in [1.54, 1.807) is 6.07 Å². The summed E-state index contributed by atoms with van der Waals surface area (Å²) in [5, 5.41) is 11.6. The first kappa shape index (κ1) is 20.8. The van der Waals surface area contributed by atoms with Gasteiger partial charge in [-0.15, -0.1) is 11.6 Å². The minimum atomic E-state index is -1.11. The van der Waals surface area contributed by atoms with Crippen molar-refractivity contribution in [3.8, 4) is 0 Å². The van der Waals surface area contributed by atoms with E-state index in [4.69, 9.17) is 25.8 Å². The summed E-state index contributed by atoms with van der Waals surface area (Å²) >= 11 is 6.60. The van der Waals surface area contributed by atoms with E-state index < -0.39 is 10.8 Å². The van der Waals surface area contributed by atoms with Gasteiger partial charge in [-0.3, -0.25) is 0 Å². The maximum Gasteiger partial charge on any atom is 0.338 e. The highest BCUT2D eigenvalue weighted by molar-refractivity contribution is 6.24. The normalized spacial score (nSPS) is 16.5. The lowest BCUT2D eigenvalue weighted by Gasteiger charge is -2.24. The minimum Gasteiger partial charge on any atom is -0.460 e. The maximum absolute atomic E-state index is 12.7. The zero-order valence-electron chi connectivity index (χ0n) is 16.4. The molecule has 1 fully saturated rings. The third-order valence-corrected chi connectivity index (χ3v) is 5.51. The van der Waals surface area contributed by atoms with E-state index in [0.29, 0.717) is 25.2 Å². The Morgan fingerprint density at radius 1 is 1.03 bits per heavy atom. The summed E-state index contributed by atoms with van der Waals surface area (Å²) in [6.45, 7) is 0.741. The number of ether oxygens (including phenoxy) is 3. The van der Waals surface area contributed by atoms with Crippen LogP contribution < -0.4 is 0 Å². The molecule has 156 valence electrons. The van der Waals surface area contributed by atoms with Crippen molar-refractivity contribution in [1.29, 1.82) is 0 Å². The molecule has 1 aliphatic rings. The number of carbonyl (C=O) groups is 1. The predicted octanol–water partition coefficient (Wildman–Crippen LogP) is 4.25. The number of carbonyl (C=O) groups excluding carboxylic acids is 1. The molecule has 0 unspecified atom stereocenters.